The van der Waals surface area contributed by atoms with Crippen molar-refractivity contribution in [2.75, 3.05) is 17.7 Å². The van der Waals surface area contributed by atoms with Gasteiger partial charge in [0.1, 0.15) is 11.6 Å². The molecule has 0 saturated heterocycles. The third-order valence-electron chi connectivity index (χ3n) is 2.52. The molecule has 0 bridgehead atoms. The Balaban J connectivity index is 1.97. The normalized spacial score (nSPS) is 10.2. The summed E-state index contributed by atoms with van der Waals surface area (Å²) < 4.78 is 19.6. The van der Waals surface area contributed by atoms with E-state index in [1.807, 2.05) is 0 Å². The fourth-order valence-electron chi connectivity index (χ4n) is 1.55. The van der Waals surface area contributed by atoms with Gasteiger partial charge in [0, 0.05) is 16.2 Å². The Morgan fingerprint density at radius 3 is 2.67 bits per heavy atom. The topological polar surface area (TPSA) is 64.3 Å². The molecule has 0 atom stereocenters. The molecule has 21 heavy (non-hydrogen) atoms. The van der Waals surface area contributed by atoms with E-state index in [0.717, 1.165) is 0 Å². The number of nitrogen functional groups attached to an aromatic ring is 1. The Kier molecular flexibility index (Phi) is 5.19. The van der Waals surface area contributed by atoms with Crippen LogP contribution in [0.25, 0.3) is 0 Å². The summed E-state index contributed by atoms with van der Waals surface area (Å²) in [6, 6.07) is 9.04. The molecule has 7 heteroatoms. The molecule has 0 aliphatic carbocycles. The summed E-state index contributed by atoms with van der Waals surface area (Å²) in [6.07, 6.45) is 0. The molecular weight excluding hydrogens is 407 g/mol. The second-order valence-electron chi connectivity index (χ2n) is 4.15. The summed E-state index contributed by atoms with van der Waals surface area (Å²) in [5.41, 5.74) is 6.78. The van der Waals surface area contributed by atoms with Gasteiger partial charge < -0.3 is 15.8 Å². The number of halogens is 3. The number of rotatable bonds is 4. The summed E-state index contributed by atoms with van der Waals surface area (Å²) in [6.45, 7) is -0.237. The molecule has 0 spiro atoms. The number of nitrogens with one attached hydrogen (secondary N) is 1. The van der Waals surface area contributed by atoms with Gasteiger partial charge in [-0.15, -0.1) is 0 Å². The molecule has 0 fully saturated rings. The minimum atomic E-state index is -0.435. The highest BCUT2D eigenvalue weighted by Gasteiger charge is 2.09. The molecule has 1 amide bonds. The predicted octanol–water partition coefficient (Wildman–Crippen LogP) is 3.95. The van der Waals surface area contributed by atoms with Gasteiger partial charge in [0.15, 0.2) is 6.61 Å². The first kappa shape index (κ1) is 15.8. The number of carbonyl (C=O) groups is 1. The zero-order valence-electron chi connectivity index (χ0n) is 10.7. The molecule has 0 unspecified atom stereocenters. The number of nitrogens with two attached hydrogens (primary N) is 1. The molecule has 2 aromatic carbocycles. The summed E-state index contributed by atoms with van der Waals surface area (Å²) in [4.78, 5) is 11.8. The number of benzene rings is 2. The molecule has 3 N–H and O–H groups in total. The average Bonchev–Trinajstić information content (AvgIpc) is 2.43. The van der Waals surface area contributed by atoms with E-state index in [2.05, 4.69) is 37.2 Å². The third-order valence-corrected chi connectivity index (χ3v) is 3.83. The van der Waals surface area contributed by atoms with Crippen molar-refractivity contribution in [2.24, 2.45) is 0 Å². The maximum Gasteiger partial charge on any atom is 0.262 e. The second kappa shape index (κ2) is 6.91. The van der Waals surface area contributed by atoms with Gasteiger partial charge in [-0.05, 0) is 62.2 Å². The van der Waals surface area contributed by atoms with E-state index >= 15 is 0 Å². The summed E-state index contributed by atoms with van der Waals surface area (Å²) in [7, 11) is 0. The maximum atomic E-state index is 13.1. The minimum absolute atomic E-state index is 0.237. The number of ether oxygens (including phenoxy) is 1. The van der Waals surface area contributed by atoms with Crippen LogP contribution in [0.5, 0.6) is 5.75 Å². The van der Waals surface area contributed by atoms with Crippen molar-refractivity contribution in [3.8, 4) is 5.75 Å². The van der Waals surface area contributed by atoms with Gasteiger partial charge in [0.2, 0.25) is 0 Å². The summed E-state index contributed by atoms with van der Waals surface area (Å²) in [5.74, 6) is -0.534. The number of anilines is 2. The quantitative estimate of drug-likeness (QED) is 0.740. The minimum Gasteiger partial charge on any atom is -0.482 e. The molecule has 110 valence electrons. The molecular formula is C14H11Br2FN2O2. The van der Waals surface area contributed by atoms with E-state index in [1.54, 1.807) is 18.2 Å². The Bertz CT molecular complexity index is 680. The maximum absolute atomic E-state index is 13.1. The largest absolute Gasteiger partial charge is 0.482 e. The van der Waals surface area contributed by atoms with Crippen LogP contribution in [0.4, 0.5) is 15.8 Å². The lowest BCUT2D eigenvalue weighted by Crippen LogP contribution is -2.20. The van der Waals surface area contributed by atoms with Gasteiger partial charge in [0.05, 0.1) is 10.2 Å². The Morgan fingerprint density at radius 2 is 1.95 bits per heavy atom. The van der Waals surface area contributed by atoms with E-state index in [0.29, 0.717) is 20.3 Å². The molecule has 0 saturated carbocycles. The zero-order chi connectivity index (χ0) is 15.4. The Labute approximate surface area is 137 Å². The highest BCUT2D eigenvalue weighted by molar-refractivity contribution is 9.11. The highest BCUT2D eigenvalue weighted by Crippen LogP contribution is 2.26. The van der Waals surface area contributed by atoms with Crippen molar-refractivity contribution in [3.63, 3.8) is 0 Å². The lowest BCUT2D eigenvalue weighted by molar-refractivity contribution is -0.118. The molecule has 0 aliphatic heterocycles. The van der Waals surface area contributed by atoms with Crippen LogP contribution < -0.4 is 15.8 Å². The zero-order valence-corrected chi connectivity index (χ0v) is 13.9. The van der Waals surface area contributed by atoms with E-state index in [1.165, 1.54) is 18.2 Å². The fraction of sp³-hybridized carbons (Fsp3) is 0.0714. The van der Waals surface area contributed by atoms with Gasteiger partial charge in [0.25, 0.3) is 5.91 Å². The van der Waals surface area contributed by atoms with Crippen LogP contribution in [0, 0.1) is 5.82 Å². The first-order valence-corrected chi connectivity index (χ1v) is 7.47. The van der Waals surface area contributed by atoms with E-state index in [-0.39, 0.29) is 18.3 Å². The van der Waals surface area contributed by atoms with Crippen LogP contribution in [-0.4, -0.2) is 12.5 Å². The van der Waals surface area contributed by atoms with Gasteiger partial charge in [-0.25, -0.2) is 4.39 Å². The smallest absolute Gasteiger partial charge is 0.262 e. The van der Waals surface area contributed by atoms with Crippen LogP contribution in [-0.2, 0) is 4.79 Å². The molecule has 2 rings (SSSR count). The molecule has 0 aromatic heterocycles. The monoisotopic (exact) mass is 416 g/mol. The molecule has 0 heterocycles. The van der Waals surface area contributed by atoms with Crippen molar-refractivity contribution < 1.29 is 13.9 Å². The Hall–Kier alpha value is -1.60. The number of carbonyl (C=O) groups excluding carboxylic acids is 1. The molecule has 0 radical (unpaired) electrons. The van der Waals surface area contributed by atoms with E-state index < -0.39 is 5.82 Å². The summed E-state index contributed by atoms with van der Waals surface area (Å²) in [5, 5.41) is 2.67. The molecule has 4 nitrogen and oxygen atoms in total. The third kappa shape index (κ3) is 4.44. The fourth-order valence-corrected chi connectivity index (χ4v) is 2.41. The average molecular weight is 418 g/mol. The van der Waals surface area contributed by atoms with Gasteiger partial charge in [-0.3, -0.25) is 4.79 Å². The molecule has 0 aliphatic rings. The first-order chi connectivity index (χ1) is 9.95. The van der Waals surface area contributed by atoms with Crippen LogP contribution >= 0.6 is 31.9 Å². The predicted molar refractivity (Wildman–Crippen MR) is 86.8 cm³/mol. The van der Waals surface area contributed by atoms with Crippen LogP contribution in [0.1, 0.15) is 0 Å². The van der Waals surface area contributed by atoms with Crippen LogP contribution in [0.15, 0.2) is 45.3 Å². The van der Waals surface area contributed by atoms with Crippen molar-refractivity contribution >= 4 is 49.1 Å². The van der Waals surface area contributed by atoms with Gasteiger partial charge in [-0.2, -0.15) is 0 Å². The van der Waals surface area contributed by atoms with Crippen molar-refractivity contribution in [1.29, 1.82) is 0 Å². The molecule has 2 aromatic rings. The van der Waals surface area contributed by atoms with Crippen molar-refractivity contribution in [2.45, 2.75) is 0 Å². The highest BCUT2D eigenvalue weighted by atomic mass is 79.9. The van der Waals surface area contributed by atoms with E-state index in [4.69, 9.17) is 10.5 Å². The lowest BCUT2D eigenvalue weighted by atomic mass is 10.3. The lowest BCUT2D eigenvalue weighted by Gasteiger charge is -2.10. The Morgan fingerprint density at radius 1 is 1.19 bits per heavy atom. The number of amides is 1. The van der Waals surface area contributed by atoms with Crippen molar-refractivity contribution in [3.05, 3.63) is 51.2 Å². The summed E-state index contributed by atoms with van der Waals surface area (Å²) >= 11 is 6.52. The van der Waals surface area contributed by atoms with Crippen molar-refractivity contribution in [1.82, 2.24) is 0 Å². The SMILES string of the molecule is Nc1ccc(NC(=O)COc2cc(F)ccc2Br)c(Br)c1. The number of hydrogen-bond acceptors (Lipinski definition) is 3. The van der Waals surface area contributed by atoms with Crippen LogP contribution in [0.3, 0.4) is 0 Å². The number of hydrogen-bond donors (Lipinski definition) is 2. The van der Waals surface area contributed by atoms with Gasteiger partial charge >= 0.3 is 0 Å². The standard InChI is InChI=1S/C14H11Br2FN2O2/c15-10-3-1-8(17)5-13(10)21-7-14(20)19-12-4-2-9(18)6-11(12)16/h1-6H,7,18H2,(H,19,20). The van der Waals surface area contributed by atoms with E-state index in [9.17, 15) is 9.18 Å². The second-order valence-corrected chi connectivity index (χ2v) is 5.86. The van der Waals surface area contributed by atoms with Crippen LogP contribution in [0.2, 0.25) is 0 Å². The first-order valence-electron chi connectivity index (χ1n) is 5.88. The van der Waals surface area contributed by atoms with Gasteiger partial charge in [-0.1, -0.05) is 0 Å².